The van der Waals surface area contributed by atoms with E-state index in [1.807, 2.05) is 23.1 Å². The lowest BCUT2D eigenvalue weighted by molar-refractivity contribution is 0.0788. The third-order valence-corrected chi connectivity index (χ3v) is 3.77. The second kappa shape index (κ2) is 5.07. The molecule has 2 heterocycles. The van der Waals surface area contributed by atoms with Crippen LogP contribution in [-0.4, -0.2) is 43.1 Å². The largest absolute Gasteiger partial charge is 0.493 e. The lowest BCUT2D eigenvalue weighted by Gasteiger charge is -2.13. The van der Waals surface area contributed by atoms with Gasteiger partial charge in [0.2, 0.25) is 0 Å². The highest BCUT2D eigenvalue weighted by Crippen LogP contribution is 2.35. The lowest BCUT2D eigenvalue weighted by Crippen LogP contribution is -2.27. The molecule has 1 N–H and O–H groups in total. The minimum atomic E-state index is 0.0553. The number of hydrogen-bond acceptors (Lipinski definition) is 3. The Bertz CT molecular complexity index is 642. The van der Waals surface area contributed by atoms with Crippen LogP contribution in [0.5, 0.6) is 11.5 Å². The van der Waals surface area contributed by atoms with Crippen LogP contribution in [0.2, 0.25) is 0 Å². The number of benzene rings is 1. The summed E-state index contributed by atoms with van der Waals surface area (Å²) >= 11 is 0. The van der Waals surface area contributed by atoms with Crippen molar-refractivity contribution in [2.75, 3.05) is 27.3 Å². The van der Waals surface area contributed by atoms with Gasteiger partial charge in [-0.25, -0.2) is 0 Å². The molecule has 0 aliphatic carbocycles. The Balaban J connectivity index is 2.03. The summed E-state index contributed by atoms with van der Waals surface area (Å²) in [4.78, 5) is 17.4. The van der Waals surface area contributed by atoms with E-state index in [4.69, 9.17) is 9.47 Å². The molecule has 1 amide bonds. The van der Waals surface area contributed by atoms with Gasteiger partial charge in [0.1, 0.15) is 5.69 Å². The summed E-state index contributed by atoms with van der Waals surface area (Å²) in [6.07, 6.45) is 2.17. The van der Waals surface area contributed by atoms with Crippen molar-refractivity contribution in [3.8, 4) is 11.5 Å². The second-order valence-corrected chi connectivity index (χ2v) is 4.94. The van der Waals surface area contributed by atoms with Crippen molar-refractivity contribution >= 4 is 16.8 Å². The van der Waals surface area contributed by atoms with Crippen molar-refractivity contribution in [3.05, 3.63) is 23.9 Å². The number of methoxy groups -OCH3 is 2. The highest BCUT2D eigenvalue weighted by atomic mass is 16.5. The number of likely N-dealkylation sites (tertiary alicyclic amines) is 1. The molecule has 2 aromatic rings. The molecule has 1 aliphatic heterocycles. The molecule has 1 aromatic heterocycles. The summed E-state index contributed by atoms with van der Waals surface area (Å²) in [5, 5.41) is 0.870. The highest BCUT2D eigenvalue weighted by molar-refractivity contribution is 6.00. The van der Waals surface area contributed by atoms with E-state index in [0.29, 0.717) is 17.2 Å². The molecular formula is C15H18N2O3. The average Bonchev–Trinajstić information content (AvgIpc) is 3.13. The van der Waals surface area contributed by atoms with Gasteiger partial charge in [-0.15, -0.1) is 0 Å². The van der Waals surface area contributed by atoms with Gasteiger partial charge in [0.15, 0.2) is 11.5 Å². The number of amides is 1. The van der Waals surface area contributed by atoms with Gasteiger partial charge in [0.05, 0.1) is 19.7 Å². The topological polar surface area (TPSA) is 54.6 Å². The van der Waals surface area contributed by atoms with E-state index in [-0.39, 0.29) is 5.91 Å². The van der Waals surface area contributed by atoms with E-state index in [1.54, 1.807) is 14.2 Å². The second-order valence-electron chi connectivity index (χ2n) is 4.94. The van der Waals surface area contributed by atoms with Crippen molar-refractivity contribution in [1.82, 2.24) is 9.88 Å². The number of carbonyl (C=O) groups excluding carboxylic acids is 1. The summed E-state index contributed by atoms with van der Waals surface area (Å²) in [6.45, 7) is 1.68. The van der Waals surface area contributed by atoms with Crippen molar-refractivity contribution in [3.63, 3.8) is 0 Å². The van der Waals surface area contributed by atoms with Gasteiger partial charge >= 0.3 is 0 Å². The van der Waals surface area contributed by atoms with Crippen LogP contribution < -0.4 is 9.47 Å². The average molecular weight is 274 g/mol. The first-order valence-electron chi connectivity index (χ1n) is 6.77. The molecular weight excluding hydrogens is 256 g/mol. The molecule has 1 aliphatic rings. The van der Waals surface area contributed by atoms with Crippen molar-refractivity contribution in [2.24, 2.45) is 0 Å². The van der Waals surface area contributed by atoms with Crippen LogP contribution in [0.3, 0.4) is 0 Å². The number of nitrogens with one attached hydrogen (secondary N) is 1. The van der Waals surface area contributed by atoms with E-state index in [1.165, 1.54) is 0 Å². The lowest BCUT2D eigenvalue weighted by atomic mass is 10.2. The Morgan fingerprint density at radius 1 is 1.20 bits per heavy atom. The maximum atomic E-state index is 12.4. The van der Waals surface area contributed by atoms with E-state index < -0.39 is 0 Å². The van der Waals surface area contributed by atoms with Crippen LogP contribution in [0.4, 0.5) is 0 Å². The molecule has 0 bridgehead atoms. The Kier molecular flexibility index (Phi) is 3.26. The standard InChI is InChI=1S/C15H18N2O3/c1-19-13-6-5-11-10(14(13)20-2)9-12(16-11)15(18)17-7-3-4-8-17/h5-6,9,16H,3-4,7-8H2,1-2H3. The Morgan fingerprint density at radius 2 is 1.95 bits per heavy atom. The number of carbonyl (C=O) groups is 1. The van der Waals surface area contributed by atoms with Gasteiger partial charge in [-0.2, -0.15) is 0 Å². The zero-order valence-electron chi connectivity index (χ0n) is 11.7. The number of aromatic nitrogens is 1. The molecule has 5 nitrogen and oxygen atoms in total. The number of rotatable bonds is 3. The number of fused-ring (bicyclic) bond motifs is 1. The summed E-state index contributed by atoms with van der Waals surface area (Å²) in [5.41, 5.74) is 1.48. The molecule has 20 heavy (non-hydrogen) atoms. The quantitative estimate of drug-likeness (QED) is 0.935. The fraction of sp³-hybridized carbons (Fsp3) is 0.400. The smallest absolute Gasteiger partial charge is 0.270 e. The molecule has 0 radical (unpaired) electrons. The van der Waals surface area contributed by atoms with Gasteiger partial charge in [0.25, 0.3) is 5.91 Å². The van der Waals surface area contributed by atoms with E-state index >= 15 is 0 Å². The van der Waals surface area contributed by atoms with Gasteiger partial charge < -0.3 is 19.4 Å². The summed E-state index contributed by atoms with van der Waals surface area (Å²) in [5.74, 6) is 1.38. The van der Waals surface area contributed by atoms with Crippen LogP contribution in [-0.2, 0) is 0 Å². The Labute approximate surface area is 117 Å². The molecule has 3 rings (SSSR count). The Morgan fingerprint density at radius 3 is 2.60 bits per heavy atom. The predicted octanol–water partition coefficient (Wildman–Crippen LogP) is 2.42. The maximum Gasteiger partial charge on any atom is 0.270 e. The molecule has 1 saturated heterocycles. The maximum absolute atomic E-state index is 12.4. The fourth-order valence-electron chi connectivity index (χ4n) is 2.73. The number of nitrogens with zero attached hydrogens (tertiary/aromatic N) is 1. The Hall–Kier alpha value is -2.17. The first-order chi connectivity index (χ1) is 9.74. The van der Waals surface area contributed by atoms with Crippen LogP contribution in [0.15, 0.2) is 18.2 Å². The summed E-state index contributed by atoms with van der Waals surface area (Å²) < 4.78 is 10.7. The summed E-state index contributed by atoms with van der Waals surface area (Å²) in [6, 6.07) is 5.58. The third kappa shape index (κ3) is 1.99. The van der Waals surface area contributed by atoms with Crippen LogP contribution in [0.25, 0.3) is 10.9 Å². The van der Waals surface area contributed by atoms with Crippen molar-refractivity contribution in [2.45, 2.75) is 12.8 Å². The van der Waals surface area contributed by atoms with Crippen LogP contribution >= 0.6 is 0 Å². The molecule has 1 aromatic carbocycles. The van der Waals surface area contributed by atoms with E-state index in [9.17, 15) is 4.79 Å². The van der Waals surface area contributed by atoms with Crippen LogP contribution in [0.1, 0.15) is 23.3 Å². The fourth-order valence-corrected chi connectivity index (χ4v) is 2.73. The molecule has 0 spiro atoms. The third-order valence-electron chi connectivity index (χ3n) is 3.77. The van der Waals surface area contributed by atoms with Crippen molar-refractivity contribution < 1.29 is 14.3 Å². The zero-order chi connectivity index (χ0) is 14.1. The summed E-state index contributed by atoms with van der Waals surface area (Å²) in [7, 11) is 3.21. The SMILES string of the molecule is COc1ccc2[nH]c(C(=O)N3CCCC3)cc2c1OC. The zero-order valence-corrected chi connectivity index (χ0v) is 11.7. The number of hydrogen-bond donors (Lipinski definition) is 1. The van der Waals surface area contributed by atoms with Crippen LogP contribution in [0, 0.1) is 0 Å². The monoisotopic (exact) mass is 274 g/mol. The van der Waals surface area contributed by atoms with E-state index in [2.05, 4.69) is 4.98 Å². The van der Waals surface area contributed by atoms with Gasteiger partial charge in [0, 0.05) is 18.5 Å². The molecule has 5 heteroatoms. The number of ether oxygens (including phenoxy) is 2. The number of aromatic amines is 1. The molecule has 0 unspecified atom stereocenters. The predicted molar refractivity (Wildman–Crippen MR) is 76.5 cm³/mol. The normalized spacial score (nSPS) is 14.8. The molecule has 0 atom stereocenters. The number of H-pyrrole nitrogens is 1. The molecule has 0 saturated carbocycles. The van der Waals surface area contributed by atoms with Crippen molar-refractivity contribution in [1.29, 1.82) is 0 Å². The van der Waals surface area contributed by atoms with E-state index in [0.717, 1.165) is 36.8 Å². The minimum absolute atomic E-state index is 0.0553. The highest BCUT2D eigenvalue weighted by Gasteiger charge is 2.22. The van der Waals surface area contributed by atoms with Gasteiger partial charge in [-0.05, 0) is 31.0 Å². The molecule has 1 fully saturated rings. The minimum Gasteiger partial charge on any atom is -0.493 e. The van der Waals surface area contributed by atoms with Gasteiger partial charge in [-0.1, -0.05) is 0 Å². The first kappa shape index (κ1) is 12.8. The van der Waals surface area contributed by atoms with Gasteiger partial charge in [-0.3, -0.25) is 4.79 Å². The molecule has 106 valence electrons. The first-order valence-corrected chi connectivity index (χ1v) is 6.77.